The molecule has 6 nitrogen and oxygen atoms in total. The molecule has 0 saturated carbocycles. The maximum atomic E-state index is 12.8. The second-order valence-electron chi connectivity index (χ2n) is 7.24. The minimum absolute atomic E-state index is 0.0560. The van der Waals surface area contributed by atoms with Gasteiger partial charge in [-0.1, -0.05) is 19.1 Å². The molecule has 2 heterocycles. The van der Waals surface area contributed by atoms with Crippen LogP contribution in [-0.4, -0.2) is 55.4 Å². The topological polar surface area (TPSA) is 63.1 Å². The Labute approximate surface area is 172 Å². The van der Waals surface area contributed by atoms with Crippen LogP contribution < -0.4 is 14.5 Å². The van der Waals surface area contributed by atoms with Crippen molar-refractivity contribution >= 4 is 27.0 Å². The van der Waals surface area contributed by atoms with E-state index in [9.17, 15) is 8.42 Å². The molecule has 154 valence electrons. The lowest BCUT2D eigenvalue weighted by atomic mass is 10.0. The summed E-state index contributed by atoms with van der Waals surface area (Å²) in [7, 11) is 0.529. The molecule has 2 aromatic rings. The van der Waals surface area contributed by atoms with Crippen molar-refractivity contribution in [2.75, 3.05) is 51.8 Å². The number of thiophene rings is 1. The highest BCUT2D eigenvalue weighted by molar-refractivity contribution is 7.91. The highest BCUT2D eigenvalue weighted by Gasteiger charge is 2.28. The molecule has 0 bridgehead atoms. The first-order valence-corrected chi connectivity index (χ1v) is 12.0. The summed E-state index contributed by atoms with van der Waals surface area (Å²) < 4.78 is 34.3. The van der Waals surface area contributed by atoms with Crippen LogP contribution in [0.1, 0.15) is 23.4 Å². The molecule has 28 heavy (non-hydrogen) atoms. The van der Waals surface area contributed by atoms with E-state index in [1.165, 1.54) is 16.2 Å². The number of rotatable bonds is 8. The molecule has 0 unspecified atom stereocenters. The molecular weight excluding hydrogens is 394 g/mol. The number of benzene rings is 1. The lowest BCUT2D eigenvalue weighted by molar-refractivity contribution is -0.937. The van der Waals surface area contributed by atoms with E-state index in [0.29, 0.717) is 24.0 Å². The number of aryl methyl sites for hydroxylation is 1. The lowest BCUT2D eigenvalue weighted by Gasteiger charge is -2.32. The predicted molar refractivity (Wildman–Crippen MR) is 114 cm³/mol. The average Bonchev–Trinajstić information content (AvgIpc) is 3.20. The van der Waals surface area contributed by atoms with E-state index in [0.717, 1.165) is 35.6 Å². The maximum Gasteiger partial charge on any atom is 0.250 e. The van der Waals surface area contributed by atoms with Crippen molar-refractivity contribution in [2.24, 2.45) is 0 Å². The predicted octanol–water partition coefficient (Wildman–Crippen LogP) is 1.31. The molecule has 0 radical (unpaired) electrons. The zero-order chi connectivity index (χ0) is 20.1. The van der Waals surface area contributed by atoms with E-state index in [1.807, 2.05) is 27.1 Å². The smallest absolute Gasteiger partial charge is 0.250 e. The fourth-order valence-electron chi connectivity index (χ4n) is 3.44. The van der Waals surface area contributed by atoms with Gasteiger partial charge < -0.3 is 14.5 Å². The highest BCUT2D eigenvalue weighted by atomic mass is 32.2. The number of sulfonamides is 1. The first kappa shape index (κ1) is 21.3. The summed E-state index contributed by atoms with van der Waals surface area (Å²) in [5.74, 6) is 0. The molecule has 1 aromatic carbocycles. The first-order valence-electron chi connectivity index (χ1n) is 9.68. The quantitative estimate of drug-likeness (QED) is 0.671. The number of hydrogen-bond acceptors (Lipinski definition) is 5. The molecule has 1 aromatic heterocycles. The van der Waals surface area contributed by atoms with Crippen LogP contribution in [0.25, 0.3) is 0 Å². The van der Waals surface area contributed by atoms with Crippen molar-refractivity contribution in [1.82, 2.24) is 4.72 Å². The lowest BCUT2D eigenvalue weighted by Crippen LogP contribution is -3.15. The van der Waals surface area contributed by atoms with Crippen molar-refractivity contribution < 1.29 is 18.1 Å². The molecule has 1 saturated heterocycles. The van der Waals surface area contributed by atoms with Gasteiger partial charge in [0.2, 0.25) is 10.0 Å². The fraction of sp³-hybridized carbons (Fsp3) is 0.500. The minimum atomic E-state index is -3.50. The molecule has 1 atom stereocenters. The van der Waals surface area contributed by atoms with E-state index >= 15 is 0 Å². The minimum Gasteiger partial charge on any atom is -0.378 e. The van der Waals surface area contributed by atoms with Gasteiger partial charge in [0.1, 0.15) is 23.3 Å². The zero-order valence-corrected chi connectivity index (χ0v) is 18.4. The van der Waals surface area contributed by atoms with Gasteiger partial charge >= 0.3 is 0 Å². The SMILES string of the molecule is CCc1ccc(S(=O)(=O)NC[C@@H](c2ccc(N(C)C)cc2)[NH+]2CCOCC2)s1. The van der Waals surface area contributed by atoms with E-state index in [-0.39, 0.29) is 6.04 Å². The van der Waals surface area contributed by atoms with Crippen LogP contribution in [0.2, 0.25) is 0 Å². The summed E-state index contributed by atoms with van der Waals surface area (Å²) in [6.45, 7) is 5.57. The van der Waals surface area contributed by atoms with E-state index < -0.39 is 10.0 Å². The Morgan fingerprint density at radius 1 is 1.14 bits per heavy atom. The van der Waals surface area contributed by atoms with Gasteiger partial charge in [0.15, 0.2) is 0 Å². The summed E-state index contributed by atoms with van der Waals surface area (Å²) in [6.07, 6.45) is 0.846. The fourth-order valence-corrected chi connectivity index (χ4v) is 5.83. The molecule has 3 rings (SSSR count). The molecule has 1 aliphatic rings. The molecular formula is C20H30N3O3S2+. The molecule has 2 N–H and O–H groups in total. The maximum absolute atomic E-state index is 12.8. The number of anilines is 1. The van der Waals surface area contributed by atoms with Crippen molar-refractivity contribution in [3.8, 4) is 0 Å². The third kappa shape index (κ3) is 5.12. The third-order valence-corrected chi connectivity index (χ3v) is 8.31. The Morgan fingerprint density at radius 2 is 1.82 bits per heavy atom. The van der Waals surface area contributed by atoms with Gasteiger partial charge in [-0.2, -0.15) is 0 Å². The van der Waals surface area contributed by atoms with Crippen LogP contribution in [0, 0.1) is 0 Å². The molecule has 0 amide bonds. The van der Waals surface area contributed by atoms with Gasteiger partial charge in [-0.05, 0) is 30.7 Å². The van der Waals surface area contributed by atoms with E-state index in [1.54, 1.807) is 6.07 Å². The van der Waals surface area contributed by atoms with Gasteiger partial charge in [0, 0.05) is 30.2 Å². The first-order chi connectivity index (χ1) is 13.4. The number of morpholine rings is 1. The van der Waals surface area contributed by atoms with Crippen LogP contribution in [0.5, 0.6) is 0 Å². The molecule has 8 heteroatoms. The highest BCUT2D eigenvalue weighted by Crippen LogP contribution is 2.22. The second kappa shape index (κ2) is 9.37. The molecule has 1 aliphatic heterocycles. The van der Waals surface area contributed by atoms with E-state index in [4.69, 9.17) is 4.74 Å². The number of quaternary nitrogens is 1. The van der Waals surface area contributed by atoms with Gasteiger partial charge in [0.05, 0.1) is 19.8 Å². The van der Waals surface area contributed by atoms with Crippen molar-refractivity contribution in [3.63, 3.8) is 0 Å². The van der Waals surface area contributed by atoms with E-state index in [2.05, 4.69) is 33.9 Å². The van der Waals surface area contributed by atoms with Crippen molar-refractivity contribution in [3.05, 3.63) is 46.8 Å². The Hall–Kier alpha value is -1.45. The average molecular weight is 425 g/mol. The van der Waals surface area contributed by atoms with Crippen molar-refractivity contribution in [1.29, 1.82) is 0 Å². The molecule has 0 aliphatic carbocycles. The van der Waals surface area contributed by atoms with Crippen LogP contribution in [0.3, 0.4) is 0 Å². The third-order valence-electron chi connectivity index (χ3n) is 5.17. The van der Waals surface area contributed by atoms with Crippen LogP contribution in [0.15, 0.2) is 40.6 Å². The number of ether oxygens (including phenoxy) is 1. The number of nitrogens with one attached hydrogen (secondary N) is 2. The summed E-state index contributed by atoms with van der Waals surface area (Å²) in [6, 6.07) is 12.0. The van der Waals surface area contributed by atoms with Crippen LogP contribution >= 0.6 is 11.3 Å². The van der Waals surface area contributed by atoms with Gasteiger partial charge in [-0.25, -0.2) is 13.1 Å². The van der Waals surface area contributed by atoms with Gasteiger partial charge in [0.25, 0.3) is 0 Å². The van der Waals surface area contributed by atoms with Crippen molar-refractivity contribution in [2.45, 2.75) is 23.6 Å². The Balaban J connectivity index is 1.78. The Bertz CT molecular complexity index is 857. The Kier molecular flexibility index (Phi) is 7.11. The number of nitrogens with zero attached hydrogens (tertiary/aromatic N) is 1. The van der Waals surface area contributed by atoms with Crippen LogP contribution in [0.4, 0.5) is 5.69 Å². The Morgan fingerprint density at radius 3 is 2.39 bits per heavy atom. The summed E-state index contributed by atoms with van der Waals surface area (Å²) in [5.41, 5.74) is 2.27. The van der Waals surface area contributed by atoms with Gasteiger partial charge in [-0.15, -0.1) is 11.3 Å². The van der Waals surface area contributed by atoms with Gasteiger partial charge in [-0.3, -0.25) is 0 Å². The summed E-state index contributed by atoms with van der Waals surface area (Å²) in [4.78, 5) is 4.49. The monoisotopic (exact) mass is 424 g/mol. The second-order valence-corrected chi connectivity index (χ2v) is 10.4. The molecule has 0 spiro atoms. The summed E-state index contributed by atoms with van der Waals surface area (Å²) in [5, 5.41) is 0. The standard InChI is InChI=1S/C20H29N3O3S2/c1-4-18-9-10-20(27-18)28(24,25)21-15-19(23-11-13-26-14-12-23)16-5-7-17(8-6-16)22(2)3/h5-10,19,21H,4,11-15H2,1-3H3/p+1/t19-/m0/s1. The zero-order valence-electron chi connectivity index (χ0n) is 16.8. The molecule has 1 fully saturated rings. The normalized spacial score (nSPS) is 16.8. The van der Waals surface area contributed by atoms with Crippen LogP contribution in [-0.2, 0) is 21.2 Å². The summed E-state index contributed by atoms with van der Waals surface area (Å²) >= 11 is 1.35. The number of hydrogen-bond donors (Lipinski definition) is 2. The largest absolute Gasteiger partial charge is 0.378 e.